The van der Waals surface area contributed by atoms with E-state index in [0.29, 0.717) is 16.9 Å². The quantitative estimate of drug-likeness (QED) is 0.779. The van der Waals surface area contributed by atoms with Crippen LogP contribution in [0.4, 0.5) is 10.2 Å². The maximum atomic E-state index is 13.3. The minimum Gasteiger partial charge on any atom is -0.309 e. The van der Waals surface area contributed by atoms with Gasteiger partial charge in [-0.05, 0) is 17.7 Å². The van der Waals surface area contributed by atoms with Gasteiger partial charge in [-0.2, -0.15) is 10.5 Å². The lowest BCUT2D eigenvalue weighted by molar-refractivity contribution is -0.261. The molecule has 6 heteroatoms. The molecule has 4 nitrogen and oxygen atoms in total. The molecule has 1 aromatic carbocycles. The van der Waals surface area contributed by atoms with Crippen molar-refractivity contribution in [1.29, 1.82) is 10.5 Å². The van der Waals surface area contributed by atoms with E-state index in [1.165, 1.54) is 18.2 Å². The number of hydrogen-bond acceptors (Lipinski definition) is 3. The maximum absolute atomic E-state index is 13.3. The molecule has 0 fully saturated rings. The summed E-state index contributed by atoms with van der Waals surface area (Å²) in [6.45, 7) is 0. The second-order valence-electron chi connectivity index (χ2n) is 3.79. The minimum atomic E-state index is -0.449. The van der Waals surface area contributed by atoms with E-state index in [1.807, 2.05) is 12.1 Å². The lowest BCUT2D eigenvalue weighted by Gasteiger charge is -2.07. The highest BCUT2D eigenvalue weighted by Crippen LogP contribution is 2.30. The van der Waals surface area contributed by atoms with Crippen LogP contribution in [-0.4, -0.2) is 4.98 Å². The Hall–Kier alpha value is -2.54. The molecule has 0 saturated heterocycles. The average Bonchev–Trinajstić information content (AvgIpc) is 2.38. The minimum absolute atomic E-state index is 0.143. The summed E-state index contributed by atoms with van der Waals surface area (Å²) in [5.74, 6) is -0.139. The fourth-order valence-electron chi connectivity index (χ4n) is 1.81. The van der Waals surface area contributed by atoms with E-state index in [-0.39, 0.29) is 15.8 Å². The number of aromatic amines is 1. The number of pyridine rings is 1. The Morgan fingerprint density at radius 2 is 1.89 bits per heavy atom. The van der Waals surface area contributed by atoms with Crippen LogP contribution in [-0.2, 0) is 0 Å². The van der Waals surface area contributed by atoms with E-state index >= 15 is 0 Å². The third kappa shape index (κ3) is 2.23. The van der Waals surface area contributed by atoms with Crippen LogP contribution in [0, 0.1) is 33.1 Å². The molecule has 2 rings (SSSR count). The molecular formula is C13H8FN4S+. The van der Waals surface area contributed by atoms with Gasteiger partial charge < -0.3 is 5.73 Å². The van der Waals surface area contributed by atoms with Gasteiger partial charge in [-0.3, -0.25) is 4.98 Å². The first-order valence-electron chi connectivity index (χ1n) is 5.27. The highest BCUT2D eigenvalue weighted by atomic mass is 32.1. The van der Waals surface area contributed by atoms with Crippen molar-refractivity contribution in [3.8, 4) is 23.3 Å². The molecule has 0 atom stereocenters. The monoisotopic (exact) mass is 271 g/mol. The van der Waals surface area contributed by atoms with E-state index < -0.39 is 5.82 Å². The first kappa shape index (κ1) is 12.9. The highest BCUT2D eigenvalue weighted by Gasteiger charge is 2.18. The number of nitriles is 2. The molecule has 0 aliphatic carbocycles. The van der Waals surface area contributed by atoms with Crippen molar-refractivity contribution in [2.45, 2.75) is 0 Å². The summed E-state index contributed by atoms with van der Waals surface area (Å²) < 4.78 is 13.5. The van der Waals surface area contributed by atoms with Gasteiger partial charge in [0.25, 0.3) is 0 Å². The molecule has 0 spiro atoms. The number of aromatic nitrogens is 1. The number of benzene rings is 1. The van der Waals surface area contributed by atoms with Crippen LogP contribution in [0.1, 0.15) is 11.1 Å². The fourth-order valence-corrected chi connectivity index (χ4v) is 2.09. The second kappa shape index (κ2) is 4.99. The molecule has 4 N–H and O–H groups in total. The number of rotatable bonds is 1. The SMILES string of the molecule is N#Cc1c([NH3+])[nH]c(=S)c(C#N)c1-c1cccc(F)c1. The van der Waals surface area contributed by atoms with Gasteiger partial charge in [-0.25, -0.2) is 4.39 Å². The Kier molecular flexibility index (Phi) is 3.39. The van der Waals surface area contributed by atoms with Gasteiger partial charge in [0.05, 0.1) is 5.56 Å². The largest absolute Gasteiger partial charge is 0.309 e. The summed E-state index contributed by atoms with van der Waals surface area (Å²) in [5, 5.41) is 18.4. The predicted molar refractivity (Wildman–Crippen MR) is 69.0 cm³/mol. The number of halogens is 1. The standard InChI is InChI=1S/C13H7FN4S/c14-8-3-1-2-7(4-8)11-9(5-15)12(17)18-13(19)10(11)6-16/h1-4H,(H3,17,18,19)/p+1. The zero-order valence-corrected chi connectivity index (χ0v) is 10.5. The van der Waals surface area contributed by atoms with Crippen molar-refractivity contribution in [2.24, 2.45) is 0 Å². The fraction of sp³-hybridized carbons (Fsp3) is 0. The number of H-pyrrole nitrogens is 1. The third-order valence-electron chi connectivity index (χ3n) is 2.63. The molecule has 0 unspecified atom stereocenters. The summed E-state index contributed by atoms with van der Waals surface area (Å²) in [4.78, 5) is 2.70. The van der Waals surface area contributed by atoms with Crippen LogP contribution in [0.15, 0.2) is 24.3 Å². The average molecular weight is 271 g/mol. The molecule has 1 aromatic heterocycles. The molecule has 0 aliphatic rings. The van der Waals surface area contributed by atoms with Gasteiger partial charge in [0.2, 0.25) is 5.82 Å². The number of nitrogens with zero attached hydrogens (tertiary/aromatic N) is 2. The molecule has 19 heavy (non-hydrogen) atoms. The molecule has 92 valence electrons. The summed E-state index contributed by atoms with van der Waals surface area (Å²) in [6.07, 6.45) is 0. The van der Waals surface area contributed by atoms with Crippen molar-refractivity contribution in [3.63, 3.8) is 0 Å². The Morgan fingerprint density at radius 3 is 2.47 bits per heavy atom. The normalized spacial score (nSPS) is 9.68. The van der Waals surface area contributed by atoms with Gasteiger partial charge >= 0.3 is 0 Å². The number of nitrogens with one attached hydrogen (secondary N) is 1. The predicted octanol–water partition coefficient (Wildman–Crippen LogP) is 2.17. The van der Waals surface area contributed by atoms with Crippen LogP contribution < -0.4 is 5.73 Å². The van der Waals surface area contributed by atoms with E-state index in [4.69, 9.17) is 12.2 Å². The third-order valence-corrected chi connectivity index (χ3v) is 2.94. The first-order chi connectivity index (χ1) is 9.08. The van der Waals surface area contributed by atoms with Gasteiger partial charge in [0.1, 0.15) is 28.2 Å². The summed E-state index contributed by atoms with van der Waals surface area (Å²) in [6, 6.07) is 9.59. The van der Waals surface area contributed by atoms with Crippen molar-refractivity contribution in [3.05, 3.63) is 45.9 Å². The van der Waals surface area contributed by atoms with E-state index in [0.717, 1.165) is 0 Å². The number of hydrogen-bond donors (Lipinski definition) is 2. The van der Waals surface area contributed by atoms with E-state index in [1.54, 1.807) is 6.07 Å². The molecule has 0 saturated carbocycles. The van der Waals surface area contributed by atoms with Gasteiger partial charge in [0.15, 0.2) is 0 Å². The maximum Gasteiger partial charge on any atom is 0.220 e. The number of quaternary nitrogens is 1. The topological polar surface area (TPSA) is 91.0 Å². The van der Waals surface area contributed by atoms with E-state index in [2.05, 4.69) is 10.7 Å². The smallest absolute Gasteiger partial charge is 0.220 e. The summed E-state index contributed by atoms with van der Waals surface area (Å²) in [7, 11) is 0. The molecular weight excluding hydrogens is 263 g/mol. The molecule has 0 aliphatic heterocycles. The van der Waals surface area contributed by atoms with Crippen molar-refractivity contribution < 1.29 is 10.1 Å². The van der Waals surface area contributed by atoms with Crippen molar-refractivity contribution in [1.82, 2.24) is 4.98 Å². The Morgan fingerprint density at radius 1 is 1.21 bits per heavy atom. The molecule has 0 bridgehead atoms. The summed E-state index contributed by atoms with van der Waals surface area (Å²) in [5.41, 5.74) is 4.77. The second-order valence-corrected chi connectivity index (χ2v) is 4.20. The molecule has 0 radical (unpaired) electrons. The molecule has 1 heterocycles. The van der Waals surface area contributed by atoms with Crippen LogP contribution in [0.2, 0.25) is 0 Å². The summed E-state index contributed by atoms with van der Waals surface area (Å²) >= 11 is 5.05. The van der Waals surface area contributed by atoms with Gasteiger partial charge in [0, 0.05) is 5.56 Å². The highest BCUT2D eigenvalue weighted by molar-refractivity contribution is 7.71. The van der Waals surface area contributed by atoms with Crippen LogP contribution in [0.3, 0.4) is 0 Å². The van der Waals surface area contributed by atoms with Crippen LogP contribution in [0.25, 0.3) is 11.1 Å². The Labute approximate surface area is 113 Å². The van der Waals surface area contributed by atoms with Crippen LogP contribution >= 0.6 is 12.2 Å². The van der Waals surface area contributed by atoms with Crippen molar-refractivity contribution >= 4 is 18.0 Å². The zero-order chi connectivity index (χ0) is 14.0. The Balaban J connectivity index is 2.94. The van der Waals surface area contributed by atoms with E-state index in [9.17, 15) is 14.9 Å². The molecule has 2 aromatic rings. The lowest BCUT2D eigenvalue weighted by atomic mass is 9.97. The first-order valence-corrected chi connectivity index (χ1v) is 5.67. The van der Waals surface area contributed by atoms with Crippen LogP contribution in [0.5, 0.6) is 0 Å². The molecule has 0 amide bonds. The van der Waals surface area contributed by atoms with Gasteiger partial charge in [-0.1, -0.05) is 24.4 Å². The lowest BCUT2D eigenvalue weighted by Crippen LogP contribution is -2.42. The zero-order valence-electron chi connectivity index (χ0n) is 9.70. The van der Waals surface area contributed by atoms with Gasteiger partial charge in [-0.15, -0.1) is 0 Å². The van der Waals surface area contributed by atoms with Crippen molar-refractivity contribution in [2.75, 3.05) is 0 Å². The Bertz CT molecular complexity index is 796.